The quantitative estimate of drug-likeness (QED) is 0.845. The fraction of sp³-hybridized carbons (Fsp3) is 0.571. The Morgan fingerprint density at radius 2 is 2.06 bits per heavy atom. The molecule has 0 saturated heterocycles. The highest BCUT2D eigenvalue weighted by molar-refractivity contribution is 5.41. The van der Waals surface area contributed by atoms with E-state index in [1.165, 1.54) is 12.0 Å². The van der Waals surface area contributed by atoms with Crippen molar-refractivity contribution in [1.82, 2.24) is 0 Å². The van der Waals surface area contributed by atoms with Crippen molar-refractivity contribution < 1.29 is 4.74 Å². The Kier molecular flexibility index (Phi) is 2.70. The highest BCUT2D eigenvalue weighted by Gasteiger charge is 2.60. The summed E-state index contributed by atoms with van der Waals surface area (Å²) < 4.78 is 5.54. The maximum atomic E-state index is 5.96. The van der Waals surface area contributed by atoms with Gasteiger partial charge in [0.15, 0.2) is 0 Å². The highest BCUT2D eigenvalue weighted by Crippen LogP contribution is 2.63. The minimum atomic E-state index is 0.167. The molecule has 2 rings (SSSR count). The molecule has 1 aliphatic rings. The third-order valence-corrected chi connectivity index (χ3v) is 3.96. The van der Waals surface area contributed by atoms with Crippen molar-refractivity contribution in [3.8, 4) is 5.75 Å². The summed E-state index contributed by atoms with van der Waals surface area (Å²) in [5.41, 5.74) is 7.78. The summed E-state index contributed by atoms with van der Waals surface area (Å²) in [5.74, 6) is 0.954. The average molecular weight is 219 g/mol. The molecule has 2 nitrogen and oxygen atoms in total. The molecule has 1 aromatic carbocycles. The van der Waals surface area contributed by atoms with Crippen molar-refractivity contribution in [3.05, 3.63) is 29.8 Å². The molecule has 1 unspecified atom stereocenters. The summed E-state index contributed by atoms with van der Waals surface area (Å²) in [6.07, 6.45) is 1.17. The normalized spacial score (nSPS) is 26.5. The fourth-order valence-electron chi connectivity index (χ4n) is 2.72. The number of nitrogens with two attached hydrogens (primary N) is 1. The minimum absolute atomic E-state index is 0.167. The van der Waals surface area contributed by atoms with Gasteiger partial charge in [-0.25, -0.2) is 0 Å². The first-order valence-electron chi connectivity index (χ1n) is 5.99. The predicted molar refractivity (Wildman–Crippen MR) is 66.7 cm³/mol. The molecule has 2 heteroatoms. The van der Waals surface area contributed by atoms with E-state index in [-0.39, 0.29) is 5.41 Å². The largest absolute Gasteiger partial charge is 0.494 e. The van der Waals surface area contributed by atoms with E-state index in [1.54, 1.807) is 0 Å². The van der Waals surface area contributed by atoms with Gasteiger partial charge in [0.05, 0.1) is 6.61 Å². The molecule has 88 valence electrons. The third kappa shape index (κ3) is 1.61. The number of ether oxygens (including phenoxy) is 1. The molecule has 16 heavy (non-hydrogen) atoms. The number of hydrogen-bond donors (Lipinski definition) is 1. The maximum Gasteiger partial charge on any atom is 0.119 e. The van der Waals surface area contributed by atoms with Crippen molar-refractivity contribution in [2.24, 2.45) is 11.1 Å². The van der Waals surface area contributed by atoms with E-state index in [2.05, 4.69) is 32.0 Å². The van der Waals surface area contributed by atoms with Crippen LogP contribution in [0, 0.1) is 5.41 Å². The molecule has 0 amide bonds. The van der Waals surface area contributed by atoms with Crippen molar-refractivity contribution in [2.75, 3.05) is 13.2 Å². The van der Waals surface area contributed by atoms with Crippen LogP contribution >= 0.6 is 0 Å². The lowest BCUT2D eigenvalue weighted by atomic mass is 9.88. The van der Waals surface area contributed by atoms with Crippen LogP contribution in [-0.4, -0.2) is 13.2 Å². The average Bonchev–Trinajstić information content (AvgIpc) is 2.83. The lowest BCUT2D eigenvalue weighted by Crippen LogP contribution is -2.25. The van der Waals surface area contributed by atoms with Gasteiger partial charge in [0.1, 0.15) is 5.75 Å². The van der Waals surface area contributed by atoms with Gasteiger partial charge in [0, 0.05) is 12.0 Å². The van der Waals surface area contributed by atoms with E-state index in [0.717, 1.165) is 12.3 Å². The van der Waals surface area contributed by atoms with Crippen LogP contribution in [-0.2, 0) is 5.41 Å². The molecule has 0 radical (unpaired) electrons. The van der Waals surface area contributed by atoms with Crippen LogP contribution in [0.25, 0.3) is 0 Å². The van der Waals surface area contributed by atoms with Crippen LogP contribution < -0.4 is 10.5 Å². The monoisotopic (exact) mass is 219 g/mol. The molecule has 1 aliphatic carbocycles. The van der Waals surface area contributed by atoms with Crippen LogP contribution in [0.15, 0.2) is 24.3 Å². The van der Waals surface area contributed by atoms with Gasteiger partial charge < -0.3 is 10.5 Å². The van der Waals surface area contributed by atoms with Gasteiger partial charge in [-0.2, -0.15) is 0 Å². The van der Waals surface area contributed by atoms with Crippen molar-refractivity contribution in [3.63, 3.8) is 0 Å². The molecular formula is C14H21NO. The highest BCUT2D eigenvalue weighted by atomic mass is 16.5. The summed E-state index contributed by atoms with van der Waals surface area (Å²) in [5, 5.41) is 0. The van der Waals surface area contributed by atoms with E-state index in [4.69, 9.17) is 10.5 Å². The third-order valence-electron chi connectivity index (χ3n) is 3.96. The van der Waals surface area contributed by atoms with Crippen LogP contribution in [0.1, 0.15) is 32.8 Å². The molecule has 0 bridgehead atoms. The summed E-state index contributed by atoms with van der Waals surface area (Å²) in [7, 11) is 0. The van der Waals surface area contributed by atoms with Gasteiger partial charge in [-0.05, 0) is 36.5 Å². The van der Waals surface area contributed by atoms with E-state index in [1.807, 2.05) is 13.0 Å². The summed E-state index contributed by atoms with van der Waals surface area (Å²) in [6.45, 7) is 8.00. The summed E-state index contributed by atoms with van der Waals surface area (Å²) in [4.78, 5) is 0. The SMILES string of the molecule is CCOc1cccc(C2(CN)CC2(C)C)c1. The van der Waals surface area contributed by atoms with E-state index in [9.17, 15) is 0 Å². The molecule has 1 saturated carbocycles. The molecule has 2 N–H and O–H groups in total. The first kappa shape index (κ1) is 11.5. The first-order chi connectivity index (χ1) is 7.55. The molecule has 0 spiro atoms. The second-order valence-electron chi connectivity index (χ2n) is 5.31. The topological polar surface area (TPSA) is 35.2 Å². The predicted octanol–water partition coefficient (Wildman–Crippen LogP) is 2.71. The van der Waals surface area contributed by atoms with Crippen molar-refractivity contribution in [2.45, 2.75) is 32.6 Å². The molecular weight excluding hydrogens is 198 g/mol. The standard InChI is InChI=1S/C14H21NO/c1-4-16-12-7-5-6-11(8-12)14(10-15)9-13(14,2)3/h5-8H,4,9-10,15H2,1-3H3. The minimum Gasteiger partial charge on any atom is -0.494 e. The summed E-state index contributed by atoms with van der Waals surface area (Å²) >= 11 is 0. The zero-order valence-corrected chi connectivity index (χ0v) is 10.4. The van der Waals surface area contributed by atoms with Gasteiger partial charge in [-0.15, -0.1) is 0 Å². The lowest BCUT2D eigenvalue weighted by Gasteiger charge is -2.19. The molecule has 0 aliphatic heterocycles. The van der Waals surface area contributed by atoms with E-state index in [0.29, 0.717) is 12.0 Å². The number of benzene rings is 1. The molecule has 0 heterocycles. The Bertz CT molecular complexity index is 386. The lowest BCUT2D eigenvalue weighted by molar-refractivity contribution is 0.339. The first-order valence-corrected chi connectivity index (χ1v) is 5.99. The van der Waals surface area contributed by atoms with Crippen LogP contribution in [0.2, 0.25) is 0 Å². The molecule has 1 aromatic rings. The van der Waals surface area contributed by atoms with E-state index < -0.39 is 0 Å². The van der Waals surface area contributed by atoms with Gasteiger partial charge in [0.25, 0.3) is 0 Å². The molecule has 1 atom stereocenters. The van der Waals surface area contributed by atoms with Crippen LogP contribution in [0.4, 0.5) is 0 Å². The van der Waals surface area contributed by atoms with Gasteiger partial charge in [0.2, 0.25) is 0 Å². The Morgan fingerprint density at radius 1 is 1.38 bits per heavy atom. The summed E-state index contributed by atoms with van der Waals surface area (Å²) in [6, 6.07) is 8.38. The number of rotatable bonds is 4. The zero-order valence-electron chi connectivity index (χ0n) is 10.4. The Labute approximate surface area is 97.8 Å². The van der Waals surface area contributed by atoms with Gasteiger partial charge >= 0.3 is 0 Å². The smallest absolute Gasteiger partial charge is 0.119 e. The second kappa shape index (κ2) is 3.77. The molecule has 1 fully saturated rings. The second-order valence-corrected chi connectivity index (χ2v) is 5.31. The number of hydrogen-bond acceptors (Lipinski definition) is 2. The molecule has 0 aromatic heterocycles. The van der Waals surface area contributed by atoms with Crippen molar-refractivity contribution >= 4 is 0 Å². The Morgan fingerprint density at radius 3 is 2.56 bits per heavy atom. The van der Waals surface area contributed by atoms with Crippen molar-refractivity contribution in [1.29, 1.82) is 0 Å². The van der Waals surface area contributed by atoms with Crippen LogP contribution in [0.5, 0.6) is 5.75 Å². The zero-order chi connectivity index (χ0) is 11.8. The Hall–Kier alpha value is -1.02. The Balaban J connectivity index is 2.30. The van der Waals surface area contributed by atoms with E-state index >= 15 is 0 Å². The maximum absolute atomic E-state index is 5.96. The fourth-order valence-corrected chi connectivity index (χ4v) is 2.72. The van der Waals surface area contributed by atoms with Crippen LogP contribution in [0.3, 0.4) is 0 Å². The van der Waals surface area contributed by atoms with Gasteiger partial charge in [-0.1, -0.05) is 26.0 Å². The van der Waals surface area contributed by atoms with Gasteiger partial charge in [-0.3, -0.25) is 0 Å².